The molecule has 3 atom stereocenters. The van der Waals surface area contributed by atoms with Crippen molar-refractivity contribution in [3.05, 3.63) is 35.9 Å². The van der Waals surface area contributed by atoms with Crippen LogP contribution in [0.5, 0.6) is 0 Å². The lowest BCUT2D eigenvalue weighted by atomic mass is 9.63. The molecule has 1 aromatic rings. The molecule has 236 valence electrons. The average molecular weight is 584 g/mol. The molecule has 3 N–H and O–H groups in total. The molecule has 4 rings (SSSR count). The van der Waals surface area contributed by atoms with Crippen LogP contribution in [0.4, 0.5) is 0 Å². The molecule has 2 unspecified atom stereocenters. The van der Waals surface area contributed by atoms with E-state index in [4.69, 9.17) is 0 Å². The minimum absolute atomic E-state index is 0.0526. The molecule has 2 saturated heterocycles. The van der Waals surface area contributed by atoms with Crippen molar-refractivity contribution in [1.29, 1.82) is 0 Å². The number of carbonyl (C=O) groups excluding carboxylic acids is 3. The molecule has 2 aliphatic heterocycles. The summed E-state index contributed by atoms with van der Waals surface area (Å²) in [5.41, 5.74) is 0.285. The fourth-order valence-corrected chi connectivity index (χ4v) is 6.79. The summed E-state index contributed by atoms with van der Waals surface area (Å²) in [6.45, 7) is 14.7. The van der Waals surface area contributed by atoms with Crippen LogP contribution in [0.3, 0.4) is 0 Å². The summed E-state index contributed by atoms with van der Waals surface area (Å²) in [5, 5.41) is 9.73. The molecule has 1 aliphatic carbocycles. The van der Waals surface area contributed by atoms with Crippen molar-refractivity contribution in [3.63, 3.8) is 0 Å². The number of nitrogens with zero attached hydrogens (tertiary/aromatic N) is 2. The van der Waals surface area contributed by atoms with Crippen LogP contribution < -0.4 is 16.0 Å². The van der Waals surface area contributed by atoms with Crippen LogP contribution in [0, 0.1) is 11.3 Å². The summed E-state index contributed by atoms with van der Waals surface area (Å²) in [4.78, 5) is 45.2. The van der Waals surface area contributed by atoms with E-state index in [1.807, 2.05) is 76.9 Å². The number of likely N-dealkylation sites (tertiary alicyclic amines) is 1. The molecule has 3 aliphatic rings. The van der Waals surface area contributed by atoms with Gasteiger partial charge in [0.2, 0.25) is 17.7 Å². The van der Waals surface area contributed by atoms with E-state index in [0.717, 1.165) is 24.9 Å². The van der Waals surface area contributed by atoms with Crippen LogP contribution in [0.2, 0.25) is 0 Å². The Bertz CT molecular complexity index is 1010. The Morgan fingerprint density at radius 2 is 1.64 bits per heavy atom. The molecule has 3 amide bonds. The number of piperidine rings is 1. The van der Waals surface area contributed by atoms with Gasteiger partial charge in [0.15, 0.2) is 0 Å². The monoisotopic (exact) mass is 583 g/mol. The predicted molar refractivity (Wildman–Crippen MR) is 170 cm³/mol. The highest BCUT2D eigenvalue weighted by atomic mass is 16.2. The first-order chi connectivity index (χ1) is 20.0. The van der Waals surface area contributed by atoms with Crippen LogP contribution in [0.25, 0.3) is 0 Å². The van der Waals surface area contributed by atoms with Gasteiger partial charge >= 0.3 is 0 Å². The van der Waals surface area contributed by atoms with Gasteiger partial charge in [-0.25, -0.2) is 0 Å². The second-order valence-corrected chi connectivity index (χ2v) is 13.5. The number of benzene rings is 1. The summed E-state index contributed by atoms with van der Waals surface area (Å²) in [7, 11) is 2.03. The molecule has 0 spiro atoms. The number of amides is 3. The summed E-state index contributed by atoms with van der Waals surface area (Å²) >= 11 is 0. The number of hydrogen-bond acceptors (Lipinski definition) is 5. The predicted octanol–water partition coefficient (Wildman–Crippen LogP) is 4.14. The van der Waals surface area contributed by atoms with Crippen LogP contribution in [0.15, 0.2) is 30.3 Å². The van der Waals surface area contributed by atoms with Gasteiger partial charge in [-0.3, -0.25) is 14.4 Å². The third-order valence-electron chi connectivity index (χ3n) is 9.39. The molecular weight excluding hydrogens is 526 g/mol. The first-order valence-electron chi connectivity index (χ1n) is 16.4. The minimum atomic E-state index is -0.646. The topological polar surface area (TPSA) is 93.8 Å². The van der Waals surface area contributed by atoms with E-state index < -0.39 is 11.5 Å². The van der Waals surface area contributed by atoms with E-state index in [9.17, 15) is 14.4 Å². The van der Waals surface area contributed by atoms with Gasteiger partial charge in [0.1, 0.15) is 6.04 Å². The smallest absolute Gasteiger partial charge is 0.245 e. The van der Waals surface area contributed by atoms with Crippen LogP contribution in [0.1, 0.15) is 92.1 Å². The maximum atomic E-state index is 14.0. The fourth-order valence-electron chi connectivity index (χ4n) is 6.79. The van der Waals surface area contributed by atoms with Gasteiger partial charge in [-0.05, 0) is 71.9 Å². The van der Waals surface area contributed by atoms with Crippen molar-refractivity contribution in [2.24, 2.45) is 11.3 Å². The maximum absolute atomic E-state index is 14.0. The summed E-state index contributed by atoms with van der Waals surface area (Å²) in [5.74, 6) is 0.321. The van der Waals surface area contributed by atoms with Gasteiger partial charge in [0, 0.05) is 44.2 Å². The van der Waals surface area contributed by atoms with Gasteiger partial charge in [-0.2, -0.15) is 0 Å². The highest BCUT2D eigenvalue weighted by molar-refractivity contribution is 5.90. The highest BCUT2D eigenvalue weighted by Gasteiger charge is 2.49. The molecule has 8 heteroatoms. The lowest BCUT2D eigenvalue weighted by Crippen LogP contribution is -2.62. The van der Waals surface area contributed by atoms with Gasteiger partial charge in [-0.1, -0.05) is 63.4 Å². The number of piperazine rings is 1. The molecule has 1 saturated carbocycles. The Morgan fingerprint density at radius 3 is 2.21 bits per heavy atom. The molecule has 0 radical (unpaired) electrons. The number of likely N-dealkylation sites (N-methyl/N-ethyl adjacent to an activating group) is 1. The van der Waals surface area contributed by atoms with Gasteiger partial charge in [0.25, 0.3) is 0 Å². The normalized spacial score (nSPS) is 24.1. The van der Waals surface area contributed by atoms with E-state index >= 15 is 0 Å². The highest BCUT2D eigenvalue weighted by Crippen LogP contribution is 2.46. The first-order valence-corrected chi connectivity index (χ1v) is 16.4. The Hall–Kier alpha value is -2.45. The third-order valence-corrected chi connectivity index (χ3v) is 9.39. The van der Waals surface area contributed by atoms with Crippen LogP contribution in [-0.2, 0) is 20.8 Å². The lowest BCUT2D eigenvalue weighted by molar-refractivity contribution is -0.147. The fraction of sp³-hybridized carbons (Fsp3) is 0.735. The Morgan fingerprint density at radius 1 is 1.02 bits per heavy atom. The van der Waals surface area contributed by atoms with Crippen LogP contribution >= 0.6 is 0 Å². The molecule has 3 fully saturated rings. The van der Waals surface area contributed by atoms with Crippen molar-refractivity contribution in [2.75, 3.05) is 33.2 Å². The summed E-state index contributed by atoms with van der Waals surface area (Å²) in [6.07, 6.45) is 7.54. The van der Waals surface area contributed by atoms with Crippen LogP contribution in [-0.4, -0.2) is 84.4 Å². The largest absolute Gasteiger partial charge is 0.351 e. The standard InChI is InChI=1S/C32H51N5O3.C2H6/c1-23-21-33-27(22-36(23)5)28(38)34-26(20-24-12-8-6-9-13-24)29(39)37-18-16-32(17-19-37,25-14-10-7-11-15-25)30(40)35-31(2,3)4;1-2/h6,8-9,12-13,23,25-27,33H,7,10-11,14-22H2,1-5H3,(H,34,38)(H,35,40);1-2H3/t23?,26?,27-;/m0./s1. The van der Waals surface area contributed by atoms with E-state index in [2.05, 4.69) is 27.8 Å². The van der Waals surface area contributed by atoms with E-state index in [1.165, 1.54) is 19.3 Å². The van der Waals surface area contributed by atoms with Gasteiger partial charge < -0.3 is 25.8 Å². The van der Waals surface area contributed by atoms with E-state index in [0.29, 0.717) is 50.9 Å². The molecule has 2 heterocycles. The van der Waals surface area contributed by atoms with Gasteiger partial charge in [-0.15, -0.1) is 0 Å². The quantitative estimate of drug-likeness (QED) is 0.449. The van der Waals surface area contributed by atoms with Crippen molar-refractivity contribution >= 4 is 17.7 Å². The zero-order chi connectivity index (χ0) is 30.9. The third kappa shape index (κ3) is 8.79. The number of nitrogens with one attached hydrogen (secondary N) is 3. The second kappa shape index (κ2) is 15.3. The molecule has 0 aromatic heterocycles. The molecule has 8 nitrogen and oxygen atoms in total. The molecular formula is C34H57N5O3. The van der Waals surface area contributed by atoms with E-state index in [-0.39, 0.29) is 29.3 Å². The van der Waals surface area contributed by atoms with E-state index in [1.54, 1.807) is 0 Å². The number of hydrogen-bond donors (Lipinski definition) is 3. The zero-order valence-electron chi connectivity index (χ0n) is 27.3. The summed E-state index contributed by atoms with van der Waals surface area (Å²) in [6, 6.07) is 9.25. The average Bonchev–Trinajstić information content (AvgIpc) is 2.99. The Balaban J connectivity index is 0.00000237. The Labute approximate surface area is 254 Å². The maximum Gasteiger partial charge on any atom is 0.245 e. The number of carbonyl (C=O) groups is 3. The molecule has 1 aromatic carbocycles. The van der Waals surface area contributed by atoms with Crippen molar-refractivity contribution in [2.45, 2.75) is 117 Å². The zero-order valence-corrected chi connectivity index (χ0v) is 27.3. The number of rotatable bonds is 7. The molecule has 0 bridgehead atoms. The van der Waals surface area contributed by atoms with Crippen molar-refractivity contribution in [1.82, 2.24) is 25.8 Å². The second-order valence-electron chi connectivity index (χ2n) is 13.5. The molecule has 42 heavy (non-hydrogen) atoms. The van der Waals surface area contributed by atoms with Crippen molar-refractivity contribution < 1.29 is 14.4 Å². The van der Waals surface area contributed by atoms with Crippen molar-refractivity contribution in [3.8, 4) is 0 Å². The SMILES string of the molecule is CC.CC1CN[C@H](C(=O)NC(Cc2ccccc2)C(=O)N2CCC(C(=O)NC(C)(C)C)(C3CCCCC3)CC2)CN1C. The first kappa shape index (κ1) is 34.0. The summed E-state index contributed by atoms with van der Waals surface area (Å²) < 4.78 is 0. The Kier molecular flexibility index (Phi) is 12.4. The van der Waals surface area contributed by atoms with Gasteiger partial charge in [0.05, 0.1) is 11.5 Å². The lowest BCUT2D eigenvalue weighted by Gasteiger charge is -2.48. The minimum Gasteiger partial charge on any atom is -0.351 e.